The number of fused-ring (bicyclic) bond motifs is 3. The van der Waals surface area contributed by atoms with Gasteiger partial charge in [-0.3, -0.25) is 19.2 Å². The second-order valence-electron chi connectivity index (χ2n) is 17.7. The largest absolute Gasteiger partial charge is 0.507 e. The molecule has 4 saturated heterocycles. The summed E-state index contributed by atoms with van der Waals surface area (Å²) in [7, 11) is 0. The Morgan fingerprint density at radius 3 is 2.17 bits per heavy atom. The molecule has 0 spiro atoms. The summed E-state index contributed by atoms with van der Waals surface area (Å²) in [6.07, 6.45) is -8.10. The molecule has 328 valence electrons. The average molecular weight is 843 g/mol. The number of rotatable bonds is 7. The van der Waals surface area contributed by atoms with Gasteiger partial charge in [0.15, 0.2) is 47.6 Å². The predicted octanol–water partition coefficient (Wildman–Crippen LogP) is 1.69. The summed E-state index contributed by atoms with van der Waals surface area (Å²) in [6, 6.07) is 2.77. The van der Waals surface area contributed by atoms with Crippen LogP contribution in [0, 0.1) is 0 Å². The fourth-order valence-corrected chi connectivity index (χ4v) is 9.97. The number of aromatic hydroxyl groups is 1. The van der Waals surface area contributed by atoms with Gasteiger partial charge in [0.05, 0.1) is 59.5 Å². The maximum absolute atomic E-state index is 14.7. The van der Waals surface area contributed by atoms with Crippen molar-refractivity contribution in [3.05, 3.63) is 52.1 Å². The lowest BCUT2D eigenvalue weighted by Crippen LogP contribution is -2.71. The van der Waals surface area contributed by atoms with Crippen molar-refractivity contribution in [2.75, 3.05) is 0 Å². The predicted molar refractivity (Wildman–Crippen MR) is 203 cm³/mol. The quantitative estimate of drug-likeness (QED) is 0.228. The number of allylic oxidation sites excluding steroid dienone is 2. The Morgan fingerprint density at radius 1 is 0.767 bits per heavy atom. The van der Waals surface area contributed by atoms with Gasteiger partial charge in [-0.1, -0.05) is 12.1 Å². The van der Waals surface area contributed by atoms with Crippen LogP contribution in [-0.4, -0.2) is 144 Å². The van der Waals surface area contributed by atoms with E-state index < -0.39 is 144 Å². The van der Waals surface area contributed by atoms with Gasteiger partial charge in [0.1, 0.15) is 29.7 Å². The van der Waals surface area contributed by atoms with Crippen LogP contribution in [0.5, 0.6) is 5.75 Å². The van der Waals surface area contributed by atoms with Gasteiger partial charge in [-0.15, -0.1) is 0 Å². The monoisotopic (exact) mass is 842 g/mol. The standard InChI is InChI=1S/C43H54O17/c1-18-25(44)8-10-32(55-18)60-43-30(46)16-41(5,52)17-42(43,53)13-12-24-35(43)40(51)23-7-6-22(38(49)34(23)39(24)50)28-15-29(37(48)21(4)54-28)59-31-11-9-27(19(2)56-31)58-33-14-26(45)36(47)20(3)57-33/h6-7,12-13,18-21,25-29,31-33,37,44-45,48-49,52-53H,8-11,14-17H2,1-5H3/t18-,19-,20-,21-,25-,26+,27-,28-,29-,31-,32-,33+,37+,41+,42-,43+/m1/s1. The van der Waals surface area contributed by atoms with Crippen molar-refractivity contribution in [1.29, 1.82) is 0 Å². The summed E-state index contributed by atoms with van der Waals surface area (Å²) in [6.45, 7) is 7.99. The van der Waals surface area contributed by atoms with Crippen LogP contribution in [0.2, 0.25) is 0 Å². The minimum absolute atomic E-state index is 0.00863. The summed E-state index contributed by atoms with van der Waals surface area (Å²) < 4.78 is 42.5. The lowest BCUT2D eigenvalue weighted by molar-refractivity contribution is -0.295. The molecular weight excluding hydrogens is 788 g/mol. The van der Waals surface area contributed by atoms with E-state index in [9.17, 15) is 49.8 Å². The highest BCUT2D eigenvalue weighted by Crippen LogP contribution is 2.54. The smallest absolute Gasteiger partial charge is 0.198 e. The van der Waals surface area contributed by atoms with E-state index in [0.717, 1.165) is 0 Å². The molecule has 60 heavy (non-hydrogen) atoms. The molecule has 5 fully saturated rings. The Kier molecular flexibility index (Phi) is 11.4. The molecule has 3 aliphatic carbocycles. The molecule has 0 radical (unpaired) electrons. The number of ether oxygens (including phenoxy) is 7. The fourth-order valence-electron chi connectivity index (χ4n) is 9.97. The number of benzene rings is 1. The summed E-state index contributed by atoms with van der Waals surface area (Å²) in [5.74, 6) is -3.45. The lowest BCUT2D eigenvalue weighted by atomic mass is 9.57. The van der Waals surface area contributed by atoms with Crippen LogP contribution in [-0.2, 0) is 42.7 Å². The van der Waals surface area contributed by atoms with Crippen molar-refractivity contribution in [2.24, 2.45) is 0 Å². The molecule has 4 heterocycles. The van der Waals surface area contributed by atoms with Crippen molar-refractivity contribution in [3.8, 4) is 5.75 Å². The maximum Gasteiger partial charge on any atom is 0.198 e. The van der Waals surface area contributed by atoms with Crippen LogP contribution in [0.15, 0.2) is 35.4 Å². The molecule has 16 atom stereocenters. The first kappa shape index (κ1) is 43.4. The van der Waals surface area contributed by atoms with Gasteiger partial charge in [-0.2, -0.15) is 0 Å². The van der Waals surface area contributed by atoms with Gasteiger partial charge in [0, 0.05) is 55.2 Å². The first-order valence-corrected chi connectivity index (χ1v) is 20.8. The van der Waals surface area contributed by atoms with Gasteiger partial charge in [-0.05, 0) is 59.6 Å². The van der Waals surface area contributed by atoms with E-state index in [4.69, 9.17) is 33.2 Å². The van der Waals surface area contributed by atoms with Crippen molar-refractivity contribution in [2.45, 2.75) is 183 Å². The van der Waals surface area contributed by atoms with E-state index in [-0.39, 0.29) is 47.9 Å². The maximum atomic E-state index is 14.7. The zero-order chi connectivity index (χ0) is 43.2. The normalized spacial score (nSPS) is 44.7. The van der Waals surface area contributed by atoms with Crippen molar-refractivity contribution < 1.29 is 83.0 Å². The molecule has 17 nitrogen and oxygen atoms in total. The van der Waals surface area contributed by atoms with Crippen molar-refractivity contribution in [3.63, 3.8) is 0 Å². The second kappa shape index (κ2) is 15.8. The van der Waals surface area contributed by atoms with Gasteiger partial charge < -0.3 is 63.8 Å². The van der Waals surface area contributed by atoms with Crippen LogP contribution >= 0.6 is 0 Å². The highest BCUT2D eigenvalue weighted by Gasteiger charge is 2.69. The summed E-state index contributed by atoms with van der Waals surface area (Å²) in [5, 5.41) is 66.7. The number of aliphatic hydroxyl groups is 5. The van der Waals surface area contributed by atoms with Gasteiger partial charge in [0.2, 0.25) is 0 Å². The van der Waals surface area contributed by atoms with Gasteiger partial charge >= 0.3 is 0 Å². The van der Waals surface area contributed by atoms with E-state index >= 15 is 0 Å². The highest BCUT2D eigenvalue weighted by molar-refractivity contribution is 6.32. The van der Waals surface area contributed by atoms with Crippen LogP contribution in [0.1, 0.15) is 118 Å². The number of Topliss-reactive ketones (excluding diaryl/α,β-unsaturated/α-hetero) is 4. The number of phenols is 1. The highest BCUT2D eigenvalue weighted by atomic mass is 16.7. The molecule has 7 aliphatic rings. The third-order valence-corrected chi connectivity index (χ3v) is 13.2. The molecule has 0 bridgehead atoms. The van der Waals surface area contributed by atoms with Crippen LogP contribution in [0.4, 0.5) is 0 Å². The molecule has 0 unspecified atom stereocenters. The zero-order valence-electron chi connectivity index (χ0n) is 34.1. The Hall–Kier alpha value is -3.30. The van der Waals surface area contributed by atoms with E-state index in [1.807, 2.05) is 0 Å². The van der Waals surface area contributed by atoms with Gasteiger partial charge in [0.25, 0.3) is 0 Å². The minimum atomic E-state index is -2.47. The first-order chi connectivity index (χ1) is 28.2. The van der Waals surface area contributed by atoms with Gasteiger partial charge in [-0.25, -0.2) is 0 Å². The molecule has 17 heteroatoms. The van der Waals surface area contributed by atoms with E-state index in [2.05, 4.69) is 0 Å². The Labute approximate surface area is 346 Å². The Bertz CT molecular complexity index is 1980. The van der Waals surface area contributed by atoms with Crippen molar-refractivity contribution >= 4 is 23.1 Å². The Morgan fingerprint density at radius 2 is 1.47 bits per heavy atom. The SMILES string of the molecule is C[C@H]1O[C@@H](O[C@@H]2CC[C@@H](O[C@@H]3C[C@H](c4ccc5c(c4O)C(=O)C4=C(C5=O)[C@@]5(O[C@@H]6CC[C@@H](O)[C@@H](C)O6)C(=O)C[C@](C)(O)C[C@]5(O)C=C4)O[C@H](C)[C@@H]3O)O[C@@H]2C)C[C@H](O)C1=O. The van der Waals surface area contributed by atoms with E-state index in [1.54, 1.807) is 27.7 Å². The minimum Gasteiger partial charge on any atom is -0.507 e. The number of carbonyl (C=O) groups is 4. The van der Waals surface area contributed by atoms with Crippen LogP contribution in [0.25, 0.3) is 0 Å². The van der Waals surface area contributed by atoms with Crippen LogP contribution in [0.3, 0.4) is 0 Å². The molecule has 4 aliphatic heterocycles. The fraction of sp³-hybridized carbons (Fsp3) is 0.674. The van der Waals surface area contributed by atoms with E-state index in [1.165, 1.54) is 31.2 Å². The Balaban J connectivity index is 1.03. The van der Waals surface area contributed by atoms with Crippen molar-refractivity contribution in [1.82, 2.24) is 0 Å². The molecule has 6 N–H and O–H groups in total. The number of hydrogen-bond acceptors (Lipinski definition) is 17. The van der Waals surface area contributed by atoms with E-state index in [0.29, 0.717) is 12.8 Å². The summed E-state index contributed by atoms with van der Waals surface area (Å²) in [5.41, 5.74) is -7.59. The number of hydrogen-bond donors (Lipinski definition) is 6. The second-order valence-corrected chi connectivity index (χ2v) is 17.7. The number of aliphatic hydroxyl groups excluding tert-OH is 3. The summed E-state index contributed by atoms with van der Waals surface area (Å²) in [4.78, 5) is 55.5. The molecule has 0 amide bonds. The number of phenolic OH excluding ortho intramolecular Hbond substituents is 1. The molecule has 8 rings (SSSR count). The molecular formula is C43H54O17. The first-order valence-electron chi connectivity index (χ1n) is 20.8. The summed E-state index contributed by atoms with van der Waals surface area (Å²) >= 11 is 0. The van der Waals surface area contributed by atoms with Crippen LogP contribution < -0.4 is 0 Å². The average Bonchev–Trinajstić information content (AvgIpc) is 3.17. The molecule has 1 saturated carbocycles. The lowest BCUT2D eigenvalue weighted by Gasteiger charge is -2.55. The number of carbonyl (C=O) groups excluding carboxylic acids is 4. The number of ketones is 4. The molecule has 1 aromatic rings. The molecule has 1 aromatic carbocycles. The third kappa shape index (κ3) is 7.33. The third-order valence-electron chi connectivity index (χ3n) is 13.2. The molecule has 0 aromatic heterocycles. The zero-order valence-corrected chi connectivity index (χ0v) is 34.1. The topological polar surface area (TPSA) is 254 Å².